The van der Waals surface area contributed by atoms with Crippen molar-refractivity contribution >= 4 is 11.8 Å². The van der Waals surface area contributed by atoms with Gasteiger partial charge in [-0.15, -0.1) is 0 Å². The van der Waals surface area contributed by atoms with Crippen LogP contribution in [0.4, 0.5) is 26.3 Å². The van der Waals surface area contributed by atoms with Gasteiger partial charge in [0.25, 0.3) is 0 Å². The summed E-state index contributed by atoms with van der Waals surface area (Å²) in [6.07, 6.45) is -8.20. The van der Waals surface area contributed by atoms with Crippen LogP contribution in [0.3, 0.4) is 0 Å². The fourth-order valence-electron chi connectivity index (χ4n) is 5.35. The second-order valence-corrected chi connectivity index (χ2v) is 9.91. The highest BCUT2D eigenvalue weighted by Crippen LogP contribution is 2.39. The van der Waals surface area contributed by atoms with Crippen LogP contribution in [0.15, 0.2) is 48.5 Å². The van der Waals surface area contributed by atoms with E-state index in [9.17, 15) is 35.9 Å². The van der Waals surface area contributed by atoms with Gasteiger partial charge in [0.2, 0.25) is 11.8 Å². The normalized spacial score (nSPS) is 20.3. The van der Waals surface area contributed by atoms with Crippen LogP contribution in [0, 0.1) is 0 Å². The first-order valence-corrected chi connectivity index (χ1v) is 12.5. The van der Waals surface area contributed by atoms with E-state index in [1.54, 1.807) is 0 Å². The van der Waals surface area contributed by atoms with E-state index in [-0.39, 0.29) is 36.5 Å². The lowest BCUT2D eigenvalue weighted by Gasteiger charge is -2.45. The number of halogens is 6. The third-order valence-corrected chi connectivity index (χ3v) is 7.41. The van der Waals surface area contributed by atoms with Crippen molar-refractivity contribution in [3.63, 3.8) is 0 Å². The summed E-state index contributed by atoms with van der Waals surface area (Å²) in [5, 5.41) is 5.94. The molecule has 2 fully saturated rings. The number of nitrogens with one attached hydrogen (secondary N) is 1. The number of piperidine rings is 1. The number of ether oxygens (including phenoxy) is 1. The summed E-state index contributed by atoms with van der Waals surface area (Å²) in [6.45, 7) is 0.447. The second kappa shape index (κ2) is 11.2. The molecule has 2 aromatic carbocycles. The van der Waals surface area contributed by atoms with Crippen LogP contribution in [0.1, 0.15) is 47.9 Å². The number of alkyl halides is 6. The molecule has 6 nitrogen and oxygen atoms in total. The third kappa shape index (κ3) is 6.38. The number of rotatable bonds is 7. The molecule has 1 N–H and O–H groups in total. The first kappa shape index (κ1) is 28.9. The van der Waals surface area contributed by atoms with E-state index in [1.165, 1.54) is 12.1 Å². The molecular formula is C27H29F6N3O3. The van der Waals surface area contributed by atoms with Gasteiger partial charge in [-0.2, -0.15) is 26.3 Å². The molecule has 0 aliphatic carbocycles. The smallest absolute Gasteiger partial charge is 0.376 e. The molecule has 2 amide bonds. The summed E-state index contributed by atoms with van der Waals surface area (Å²) < 4.78 is 85.4. The van der Waals surface area contributed by atoms with Crippen molar-refractivity contribution in [1.29, 1.82) is 0 Å². The van der Waals surface area contributed by atoms with E-state index in [0.717, 1.165) is 5.56 Å². The average molecular weight is 558 g/mol. The van der Waals surface area contributed by atoms with E-state index >= 15 is 0 Å². The van der Waals surface area contributed by atoms with Gasteiger partial charge in [0.15, 0.2) is 0 Å². The minimum atomic E-state index is -4.94. The quantitative estimate of drug-likeness (QED) is 0.491. The Kier molecular flexibility index (Phi) is 8.27. The lowest BCUT2D eigenvalue weighted by Crippen LogP contribution is -2.57. The maximum atomic E-state index is 13.3. The van der Waals surface area contributed by atoms with Crippen molar-refractivity contribution in [3.05, 3.63) is 70.8 Å². The van der Waals surface area contributed by atoms with E-state index in [4.69, 9.17) is 4.74 Å². The number of hydrazine groups is 1. The van der Waals surface area contributed by atoms with Crippen LogP contribution >= 0.6 is 0 Å². The van der Waals surface area contributed by atoms with Crippen LogP contribution < -0.4 is 5.32 Å². The predicted molar refractivity (Wildman–Crippen MR) is 129 cm³/mol. The summed E-state index contributed by atoms with van der Waals surface area (Å²) in [6, 6.07) is 10.2. The Morgan fingerprint density at radius 2 is 1.59 bits per heavy atom. The Morgan fingerprint density at radius 1 is 1.00 bits per heavy atom. The molecule has 4 rings (SSSR count). The summed E-state index contributed by atoms with van der Waals surface area (Å²) in [4.78, 5) is 24.9. The van der Waals surface area contributed by atoms with Gasteiger partial charge in [-0.1, -0.05) is 30.3 Å². The molecular weight excluding hydrogens is 528 g/mol. The number of nitrogens with zero attached hydrogens (tertiary/aromatic N) is 2. The standard InChI is InChI=1S/C27H29F6N3O3/c1-34-24(38)22-7-8-23(37)36(22)35-11-9-25(10-12-35,19-5-3-2-4-6-19)17-39-16-18-13-20(26(28,29)30)15-21(14-18)27(31,32)33/h2-6,13-15,22H,7-12,16-17H2,1H3,(H,34,38). The predicted octanol–water partition coefficient (Wildman–Crippen LogP) is 4.93. The lowest BCUT2D eigenvalue weighted by molar-refractivity contribution is -0.157. The number of hydrogen-bond donors (Lipinski definition) is 1. The van der Waals surface area contributed by atoms with E-state index in [0.29, 0.717) is 44.5 Å². The van der Waals surface area contributed by atoms with E-state index in [2.05, 4.69) is 5.32 Å². The SMILES string of the molecule is CNC(=O)C1CCC(=O)N1N1CCC(COCc2cc(C(F)(F)F)cc(C(F)(F)F)c2)(c2ccccc2)CC1. The monoisotopic (exact) mass is 557 g/mol. The zero-order valence-electron chi connectivity index (χ0n) is 21.2. The summed E-state index contributed by atoms with van der Waals surface area (Å²) in [5.41, 5.74) is -2.67. The van der Waals surface area contributed by atoms with Gasteiger partial charge in [-0.05, 0) is 48.6 Å². The minimum absolute atomic E-state index is 0.0509. The van der Waals surface area contributed by atoms with Gasteiger partial charge >= 0.3 is 12.4 Å². The molecule has 1 atom stereocenters. The molecule has 12 heteroatoms. The molecule has 2 saturated heterocycles. The molecule has 39 heavy (non-hydrogen) atoms. The van der Waals surface area contributed by atoms with Crippen molar-refractivity contribution in [2.75, 3.05) is 26.7 Å². The van der Waals surface area contributed by atoms with Gasteiger partial charge in [-0.3, -0.25) is 14.6 Å². The zero-order valence-corrected chi connectivity index (χ0v) is 21.2. The van der Waals surface area contributed by atoms with Gasteiger partial charge in [0.1, 0.15) is 6.04 Å². The lowest BCUT2D eigenvalue weighted by atomic mass is 9.73. The molecule has 0 spiro atoms. The number of carbonyl (C=O) groups excluding carboxylic acids is 2. The largest absolute Gasteiger partial charge is 0.416 e. The molecule has 2 aliphatic heterocycles. The molecule has 0 saturated carbocycles. The van der Waals surface area contributed by atoms with Crippen molar-refractivity contribution in [2.45, 2.75) is 56.1 Å². The Balaban J connectivity index is 1.52. The average Bonchev–Trinajstić information content (AvgIpc) is 3.29. The van der Waals surface area contributed by atoms with E-state index in [1.807, 2.05) is 35.3 Å². The molecule has 0 aromatic heterocycles. The van der Waals surface area contributed by atoms with Crippen LogP contribution in [-0.4, -0.2) is 54.6 Å². The van der Waals surface area contributed by atoms with Crippen LogP contribution in [-0.2, 0) is 38.7 Å². The van der Waals surface area contributed by atoms with Crippen LogP contribution in [0.2, 0.25) is 0 Å². The topological polar surface area (TPSA) is 61.9 Å². The Bertz CT molecular complexity index is 1150. The van der Waals surface area contributed by atoms with E-state index < -0.39 is 41.5 Å². The van der Waals surface area contributed by atoms with Gasteiger partial charge in [0, 0.05) is 32.0 Å². The van der Waals surface area contributed by atoms with Gasteiger partial charge in [0.05, 0.1) is 24.3 Å². The maximum Gasteiger partial charge on any atom is 0.416 e. The fourth-order valence-corrected chi connectivity index (χ4v) is 5.35. The molecule has 1 unspecified atom stereocenters. The first-order valence-electron chi connectivity index (χ1n) is 12.5. The van der Waals surface area contributed by atoms with Crippen molar-refractivity contribution in [3.8, 4) is 0 Å². The van der Waals surface area contributed by atoms with Crippen LogP contribution in [0.5, 0.6) is 0 Å². The zero-order chi connectivity index (χ0) is 28.4. The molecule has 2 aliphatic rings. The Labute approximate surface area is 221 Å². The van der Waals surface area contributed by atoms with Crippen molar-refractivity contribution in [1.82, 2.24) is 15.3 Å². The highest BCUT2D eigenvalue weighted by atomic mass is 19.4. The number of amides is 2. The third-order valence-electron chi connectivity index (χ3n) is 7.41. The molecule has 0 bridgehead atoms. The maximum absolute atomic E-state index is 13.3. The minimum Gasteiger partial charge on any atom is -0.376 e. The van der Waals surface area contributed by atoms with Crippen molar-refractivity contribution in [2.24, 2.45) is 0 Å². The summed E-state index contributed by atoms with van der Waals surface area (Å²) in [5.74, 6) is -0.388. The number of likely N-dealkylation sites (N-methyl/N-ethyl adjacent to an activating group) is 1. The first-order chi connectivity index (χ1) is 18.3. The highest BCUT2D eigenvalue weighted by Gasteiger charge is 2.44. The summed E-state index contributed by atoms with van der Waals surface area (Å²) >= 11 is 0. The van der Waals surface area contributed by atoms with Gasteiger partial charge < -0.3 is 10.1 Å². The number of benzene rings is 2. The van der Waals surface area contributed by atoms with Crippen molar-refractivity contribution < 1.29 is 40.7 Å². The highest BCUT2D eigenvalue weighted by molar-refractivity contribution is 5.90. The number of carbonyl (C=O) groups is 2. The molecule has 0 radical (unpaired) electrons. The number of hydrogen-bond acceptors (Lipinski definition) is 4. The Hall–Kier alpha value is -3.12. The second-order valence-electron chi connectivity index (χ2n) is 9.91. The van der Waals surface area contributed by atoms with Gasteiger partial charge in [-0.25, -0.2) is 5.01 Å². The summed E-state index contributed by atoms with van der Waals surface area (Å²) in [7, 11) is 1.51. The fraction of sp³-hybridized carbons (Fsp3) is 0.481. The Morgan fingerprint density at radius 3 is 2.13 bits per heavy atom. The molecule has 212 valence electrons. The molecule has 2 heterocycles. The molecule has 2 aromatic rings. The van der Waals surface area contributed by atoms with Crippen LogP contribution in [0.25, 0.3) is 0 Å².